The first-order valence-electron chi connectivity index (χ1n) is 15.9. The molecule has 2 amide bonds. The van der Waals surface area contributed by atoms with Gasteiger partial charge in [0.2, 0.25) is 5.95 Å². The number of anilines is 1. The summed E-state index contributed by atoms with van der Waals surface area (Å²) in [5.41, 5.74) is 0.215. The Balaban J connectivity index is 1.42. The Morgan fingerprint density at radius 2 is 1.85 bits per heavy atom. The number of amides is 2. The van der Waals surface area contributed by atoms with Crippen molar-refractivity contribution in [2.24, 2.45) is 5.92 Å². The highest BCUT2D eigenvalue weighted by Crippen LogP contribution is 2.36. The Bertz CT molecular complexity index is 1560. The summed E-state index contributed by atoms with van der Waals surface area (Å²) in [5, 5.41) is 4.13. The first kappa shape index (κ1) is 36.6. The molecule has 3 aromatic heterocycles. The van der Waals surface area contributed by atoms with Crippen molar-refractivity contribution >= 4 is 45.7 Å². The topological polar surface area (TPSA) is 109 Å². The maximum Gasteiger partial charge on any atom is 0.410 e. The third kappa shape index (κ3) is 10.6. The lowest BCUT2D eigenvalue weighted by molar-refractivity contribution is 0.0130. The molecule has 2 unspecified atom stereocenters. The van der Waals surface area contributed by atoms with Crippen LogP contribution in [-0.4, -0.2) is 55.6 Å². The van der Waals surface area contributed by atoms with Crippen LogP contribution in [0.25, 0.3) is 0 Å². The number of pyridine rings is 3. The maximum atomic E-state index is 14.7. The molecule has 254 valence electrons. The lowest BCUT2D eigenvalue weighted by Crippen LogP contribution is -2.45. The highest BCUT2D eigenvalue weighted by Gasteiger charge is 2.42. The molecule has 1 aliphatic rings. The zero-order chi connectivity index (χ0) is 34.6. The van der Waals surface area contributed by atoms with Gasteiger partial charge >= 0.3 is 6.09 Å². The predicted octanol–water partition coefficient (Wildman–Crippen LogP) is 8.35. The molecular weight excluding hydrogens is 683 g/mol. The molecule has 4 rings (SSSR count). The normalized spacial score (nSPS) is 16.9. The number of halogens is 2. The number of carbonyl (C=O) groups is 2. The number of likely N-dealkylation sites (tertiary alicyclic amines) is 1. The molecule has 0 aliphatic carbocycles. The molecule has 2 atom stereocenters. The Morgan fingerprint density at radius 3 is 2.49 bits per heavy atom. The fraction of sp³-hybridized carbons (Fsp3) is 0.514. The second-order valence-electron chi connectivity index (χ2n) is 14.7. The summed E-state index contributed by atoms with van der Waals surface area (Å²) < 4.78 is 24.0. The minimum atomic E-state index is -0.803. The fourth-order valence-corrected chi connectivity index (χ4v) is 6.43. The first-order valence-corrected chi connectivity index (χ1v) is 17.5. The van der Waals surface area contributed by atoms with Gasteiger partial charge < -0.3 is 15.0 Å². The van der Waals surface area contributed by atoms with Gasteiger partial charge in [0.25, 0.3) is 5.91 Å². The van der Waals surface area contributed by atoms with E-state index in [1.54, 1.807) is 18.3 Å². The number of nitrogens with zero attached hydrogens (tertiary/aromatic N) is 4. The molecule has 1 fully saturated rings. The van der Waals surface area contributed by atoms with Crippen LogP contribution in [0.4, 0.5) is 15.0 Å². The minimum Gasteiger partial charge on any atom is -0.444 e. The number of carbonyl (C=O) groups excluding carboxylic acids is 2. The Labute approximate surface area is 290 Å². The van der Waals surface area contributed by atoms with Crippen LogP contribution in [-0.2, 0) is 16.6 Å². The van der Waals surface area contributed by atoms with E-state index in [9.17, 15) is 14.0 Å². The van der Waals surface area contributed by atoms with E-state index in [4.69, 9.17) is 9.72 Å². The van der Waals surface area contributed by atoms with Gasteiger partial charge in [0.15, 0.2) is 0 Å². The standard InChI is InChI=1S/C35H46BrFN6O3S/c1-33(2,3)27-17-16-26(30(37)40-27)31(44)42-47-29-11-9-10-28(41-29)39-25(18-24-15-13-23(36)20-38-24)14-12-22-19-35(7,8)43(21-22)32(45)46-34(4,5)6/h9-11,13,15-17,20,22,25H,12,14,18-19,21H2,1-8H3,(H,39,41)(H,42,44). The maximum absolute atomic E-state index is 14.7. The zero-order valence-electron chi connectivity index (χ0n) is 28.5. The number of ether oxygens (including phenoxy) is 1. The van der Waals surface area contributed by atoms with Crippen molar-refractivity contribution in [3.63, 3.8) is 0 Å². The van der Waals surface area contributed by atoms with Gasteiger partial charge in [-0.1, -0.05) is 26.8 Å². The molecule has 4 heterocycles. The van der Waals surface area contributed by atoms with Gasteiger partial charge in [-0.05, 0) is 112 Å². The molecule has 12 heteroatoms. The number of rotatable bonds is 10. The smallest absolute Gasteiger partial charge is 0.410 e. The number of aromatic nitrogens is 3. The van der Waals surface area contributed by atoms with Crippen molar-refractivity contribution in [2.45, 2.75) is 109 Å². The van der Waals surface area contributed by atoms with Crippen LogP contribution < -0.4 is 10.0 Å². The second kappa shape index (κ2) is 14.9. The fourth-order valence-electron chi connectivity index (χ4n) is 5.60. The van der Waals surface area contributed by atoms with Crippen LogP contribution in [0.1, 0.15) is 96.4 Å². The largest absolute Gasteiger partial charge is 0.444 e. The van der Waals surface area contributed by atoms with E-state index in [1.807, 2.05) is 70.7 Å². The Morgan fingerprint density at radius 1 is 1.11 bits per heavy atom. The average molecular weight is 730 g/mol. The summed E-state index contributed by atoms with van der Waals surface area (Å²) >= 11 is 4.48. The molecule has 1 aliphatic heterocycles. The van der Waals surface area contributed by atoms with E-state index in [0.717, 1.165) is 41.4 Å². The van der Waals surface area contributed by atoms with E-state index in [-0.39, 0.29) is 28.7 Å². The highest BCUT2D eigenvalue weighted by atomic mass is 79.9. The molecule has 3 aromatic rings. The lowest BCUT2D eigenvalue weighted by Gasteiger charge is -2.33. The van der Waals surface area contributed by atoms with Crippen LogP contribution in [0.5, 0.6) is 0 Å². The summed E-state index contributed by atoms with van der Waals surface area (Å²) in [6, 6.07) is 12.6. The van der Waals surface area contributed by atoms with Gasteiger partial charge in [-0.3, -0.25) is 14.5 Å². The molecule has 0 bridgehead atoms. The third-order valence-corrected chi connectivity index (χ3v) is 9.12. The van der Waals surface area contributed by atoms with E-state index >= 15 is 0 Å². The first-order chi connectivity index (χ1) is 21.9. The summed E-state index contributed by atoms with van der Waals surface area (Å²) in [7, 11) is 0. The van der Waals surface area contributed by atoms with Crippen molar-refractivity contribution in [2.75, 3.05) is 11.9 Å². The lowest BCUT2D eigenvalue weighted by atomic mass is 9.91. The van der Waals surface area contributed by atoms with Crippen LogP contribution >= 0.6 is 27.9 Å². The number of nitrogens with one attached hydrogen (secondary N) is 2. The van der Waals surface area contributed by atoms with Gasteiger partial charge in [0.05, 0.1) is 5.56 Å². The Kier molecular flexibility index (Phi) is 11.6. The van der Waals surface area contributed by atoms with Crippen molar-refractivity contribution < 1.29 is 18.7 Å². The van der Waals surface area contributed by atoms with Crippen molar-refractivity contribution in [1.82, 2.24) is 24.6 Å². The number of hydrogen-bond acceptors (Lipinski definition) is 8. The van der Waals surface area contributed by atoms with E-state index in [2.05, 4.69) is 49.8 Å². The monoisotopic (exact) mass is 728 g/mol. The Hall–Kier alpha value is -3.25. The van der Waals surface area contributed by atoms with Gasteiger partial charge in [0, 0.05) is 64.0 Å². The summed E-state index contributed by atoms with van der Waals surface area (Å²) in [4.78, 5) is 40.9. The molecule has 1 saturated heterocycles. The zero-order valence-corrected chi connectivity index (χ0v) is 30.9. The van der Waals surface area contributed by atoms with Gasteiger partial charge in [-0.2, -0.15) is 4.39 Å². The molecule has 47 heavy (non-hydrogen) atoms. The highest BCUT2D eigenvalue weighted by molar-refractivity contribution is 9.10. The van der Waals surface area contributed by atoms with Crippen molar-refractivity contribution in [3.8, 4) is 0 Å². The quantitative estimate of drug-likeness (QED) is 0.158. The van der Waals surface area contributed by atoms with Gasteiger partial charge in [-0.15, -0.1) is 0 Å². The number of hydrogen-bond donors (Lipinski definition) is 2. The molecule has 9 nitrogen and oxygen atoms in total. The molecular formula is C35H46BrFN6O3S. The summed E-state index contributed by atoms with van der Waals surface area (Å²) in [6.45, 7) is 16.3. The minimum absolute atomic E-state index is 0.00575. The van der Waals surface area contributed by atoms with E-state index < -0.39 is 17.5 Å². The van der Waals surface area contributed by atoms with Crippen LogP contribution in [0.15, 0.2) is 58.2 Å². The molecule has 0 aromatic carbocycles. The van der Waals surface area contributed by atoms with Crippen LogP contribution in [0.3, 0.4) is 0 Å². The third-order valence-electron chi connectivity index (χ3n) is 7.93. The van der Waals surface area contributed by atoms with Crippen LogP contribution in [0, 0.1) is 11.9 Å². The van der Waals surface area contributed by atoms with E-state index in [1.165, 1.54) is 6.07 Å². The van der Waals surface area contributed by atoms with Gasteiger partial charge in [-0.25, -0.2) is 14.8 Å². The van der Waals surface area contributed by atoms with Crippen LogP contribution in [0.2, 0.25) is 0 Å². The summed E-state index contributed by atoms with van der Waals surface area (Å²) in [6.07, 6.45) is 4.80. The SMILES string of the molecule is CC(C)(C)OC(=O)N1CC(CCC(Cc2ccc(Br)cn2)Nc2cccc(SNC(=O)c3ccc(C(C)(C)C)nc3F)n2)CC1(C)C. The summed E-state index contributed by atoms with van der Waals surface area (Å²) in [5.74, 6) is -0.420. The van der Waals surface area contributed by atoms with Crippen molar-refractivity contribution in [1.29, 1.82) is 0 Å². The predicted molar refractivity (Wildman–Crippen MR) is 188 cm³/mol. The molecule has 0 spiro atoms. The molecule has 2 N–H and O–H groups in total. The van der Waals surface area contributed by atoms with Gasteiger partial charge in [0.1, 0.15) is 16.4 Å². The van der Waals surface area contributed by atoms with Crippen molar-refractivity contribution in [3.05, 3.63) is 76.0 Å². The second-order valence-corrected chi connectivity index (χ2v) is 16.5. The van der Waals surface area contributed by atoms with E-state index in [0.29, 0.717) is 35.4 Å². The molecule has 0 saturated carbocycles. The molecule has 0 radical (unpaired) electrons. The average Bonchev–Trinajstić information content (AvgIpc) is 3.28.